The molecule has 32 heavy (non-hydrogen) atoms. The van der Waals surface area contributed by atoms with Gasteiger partial charge in [0.05, 0.1) is 51.7 Å². The van der Waals surface area contributed by atoms with Crippen LogP contribution in [0.25, 0.3) is 0 Å². The summed E-state index contributed by atoms with van der Waals surface area (Å²) in [4.78, 5) is 27.5. The summed E-state index contributed by atoms with van der Waals surface area (Å²) in [7, 11) is 0. The van der Waals surface area contributed by atoms with E-state index in [0.717, 1.165) is 31.4 Å². The molecule has 0 radical (unpaired) electrons. The van der Waals surface area contributed by atoms with E-state index in [1.54, 1.807) is 6.07 Å². The second kappa shape index (κ2) is 15.7. The number of ether oxygens (including phenoxy) is 4. The Bertz CT molecular complexity index is 667. The second-order valence-electron chi connectivity index (χ2n) is 7.91. The molecule has 0 saturated heterocycles. The molecular weight excluding hydrogens is 414 g/mol. The number of carbonyl (C=O) groups is 2. The number of nitrogens with one attached hydrogen (secondary N) is 1. The average molecular weight is 452 g/mol. The molecule has 1 aromatic rings. The number of rotatable bonds is 17. The predicted molar refractivity (Wildman–Crippen MR) is 120 cm³/mol. The molecule has 2 rings (SSSR count). The van der Waals surface area contributed by atoms with Crippen LogP contribution in [0.15, 0.2) is 18.2 Å². The van der Waals surface area contributed by atoms with Crippen molar-refractivity contribution in [3.05, 3.63) is 23.9 Å². The molecule has 0 aromatic carbocycles. The molecule has 9 nitrogen and oxygen atoms in total. The van der Waals surface area contributed by atoms with Crippen LogP contribution in [0, 0.1) is 5.41 Å². The summed E-state index contributed by atoms with van der Waals surface area (Å²) in [5.74, 6) is 0.565. The van der Waals surface area contributed by atoms with Gasteiger partial charge in [-0.25, -0.2) is 4.98 Å². The summed E-state index contributed by atoms with van der Waals surface area (Å²) in [5.41, 5.74) is 6.27. The van der Waals surface area contributed by atoms with Gasteiger partial charge in [-0.2, -0.15) is 0 Å². The van der Waals surface area contributed by atoms with Crippen molar-refractivity contribution < 1.29 is 28.5 Å². The number of amides is 1. The Labute approximate surface area is 190 Å². The summed E-state index contributed by atoms with van der Waals surface area (Å²) in [6.45, 7) is 3.67. The molecule has 3 N–H and O–H groups in total. The maximum Gasteiger partial charge on any atom is 0.226 e. The van der Waals surface area contributed by atoms with Crippen molar-refractivity contribution in [3.8, 4) is 0 Å². The van der Waals surface area contributed by atoms with Crippen molar-refractivity contribution >= 4 is 18.0 Å². The standard InChI is InChI=1S/C23H37N3O6/c24-21-6-4-5-20(26-21)19-23(7-2-1-3-8-23)22(28)25-9-11-29-13-15-31-17-18-32-16-14-30-12-10-27/h4-6,10H,1-3,7-9,11-19H2,(H2,24,26)(H,25,28). The van der Waals surface area contributed by atoms with Gasteiger partial charge < -0.3 is 34.8 Å². The zero-order chi connectivity index (χ0) is 22.9. The first-order chi connectivity index (χ1) is 15.7. The Morgan fingerprint density at radius 2 is 1.59 bits per heavy atom. The molecule has 9 heteroatoms. The van der Waals surface area contributed by atoms with Crippen molar-refractivity contribution in [1.29, 1.82) is 0 Å². The van der Waals surface area contributed by atoms with Crippen LogP contribution in [-0.2, 0) is 35.0 Å². The number of anilines is 1. The van der Waals surface area contributed by atoms with Crippen molar-refractivity contribution in [2.24, 2.45) is 5.41 Å². The van der Waals surface area contributed by atoms with Crippen LogP contribution in [0.5, 0.6) is 0 Å². The molecule has 1 fully saturated rings. The highest BCUT2D eigenvalue weighted by molar-refractivity contribution is 5.83. The van der Waals surface area contributed by atoms with E-state index in [-0.39, 0.29) is 12.5 Å². The number of hydrogen-bond donors (Lipinski definition) is 2. The summed E-state index contributed by atoms with van der Waals surface area (Å²) >= 11 is 0. The van der Waals surface area contributed by atoms with Gasteiger partial charge in [0.25, 0.3) is 0 Å². The molecule has 1 saturated carbocycles. The van der Waals surface area contributed by atoms with Crippen molar-refractivity contribution in [1.82, 2.24) is 10.3 Å². The molecule has 0 spiro atoms. The molecule has 1 aliphatic rings. The van der Waals surface area contributed by atoms with Crippen molar-refractivity contribution in [3.63, 3.8) is 0 Å². The topological polar surface area (TPSA) is 122 Å². The Balaban J connectivity index is 1.56. The van der Waals surface area contributed by atoms with Crippen LogP contribution in [-0.4, -0.2) is 76.6 Å². The third kappa shape index (κ3) is 10.0. The highest BCUT2D eigenvalue weighted by Crippen LogP contribution is 2.39. The van der Waals surface area contributed by atoms with Gasteiger partial charge in [-0.05, 0) is 25.0 Å². The normalized spacial score (nSPS) is 15.4. The first kappa shape index (κ1) is 26.2. The Morgan fingerprint density at radius 1 is 0.969 bits per heavy atom. The lowest BCUT2D eigenvalue weighted by atomic mass is 9.70. The molecule has 1 aromatic heterocycles. The van der Waals surface area contributed by atoms with Gasteiger partial charge in [0.15, 0.2) is 0 Å². The monoisotopic (exact) mass is 451 g/mol. The van der Waals surface area contributed by atoms with Crippen molar-refractivity contribution in [2.45, 2.75) is 38.5 Å². The molecule has 0 bridgehead atoms. The van der Waals surface area contributed by atoms with E-state index in [9.17, 15) is 9.59 Å². The SMILES string of the molecule is Nc1cccc(CC2(C(=O)NCCOCCOCCOCCOCC=O)CCCCC2)n1. The molecule has 0 atom stereocenters. The second-order valence-corrected chi connectivity index (χ2v) is 7.91. The number of aldehydes is 1. The third-order valence-corrected chi connectivity index (χ3v) is 5.47. The smallest absolute Gasteiger partial charge is 0.226 e. The van der Waals surface area contributed by atoms with Crippen LogP contribution < -0.4 is 11.1 Å². The predicted octanol–water partition coefficient (Wildman–Crippen LogP) is 1.54. The molecule has 0 unspecified atom stereocenters. The molecule has 0 aliphatic heterocycles. The van der Waals surface area contributed by atoms with Crippen LogP contribution in [0.2, 0.25) is 0 Å². The molecular formula is C23H37N3O6. The third-order valence-electron chi connectivity index (χ3n) is 5.47. The van der Waals surface area contributed by atoms with Gasteiger partial charge in [0.2, 0.25) is 5.91 Å². The van der Waals surface area contributed by atoms with Gasteiger partial charge in [-0.15, -0.1) is 0 Å². The molecule has 1 aliphatic carbocycles. The number of hydrogen-bond acceptors (Lipinski definition) is 8. The highest BCUT2D eigenvalue weighted by atomic mass is 16.6. The minimum Gasteiger partial charge on any atom is -0.384 e. The number of nitrogens with two attached hydrogens (primary N) is 1. The van der Waals surface area contributed by atoms with E-state index in [1.165, 1.54) is 6.42 Å². The van der Waals surface area contributed by atoms with E-state index >= 15 is 0 Å². The van der Waals surface area contributed by atoms with E-state index in [0.29, 0.717) is 71.3 Å². The first-order valence-electron chi connectivity index (χ1n) is 11.4. The van der Waals surface area contributed by atoms with Gasteiger partial charge in [-0.1, -0.05) is 25.3 Å². The van der Waals surface area contributed by atoms with Gasteiger partial charge in [0.1, 0.15) is 18.7 Å². The number of nitrogens with zero attached hydrogens (tertiary/aromatic N) is 1. The summed E-state index contributed by atoms with van der Waals surface area (Å²) in [6.07, 6.45) is 6.34. The van der Waals surface area contributed by atoms with Crippen molar-refractivity contribution in [2.75, 3.05) is 65.1 Å². The number of nitrogen functional groups attached to an aromatic ring is 1. The fourth-order valence-electron chi connectivity index (χ4n) is 3.87. The maximum absolute atomic E-state index is 13.0. The maximum atomic E-state index is 13.0. The number of aromatic nitrogens is 1. The Hall–Kier alpha value is -2.07. The van der Waals surface area contributed by atoms with Crippen LogP contribution in [0.4, 0.5) is 5.82 Å². The molecule has 1 amide bonds. The van der Waals surface area contributed by atoms with E-state index in [2.05, 4.69) is 10.3 Å². The van der Waals surface area contributed by atoms with Crippen LogP contribution in [0.1, 0.15) is 37.8 Å². The van der Waals surface area contributed by atoms with E-state index in [4.69, 9.17) is 24.7 Å². The number of carbonyl (C=O) groups excluding carboxylic acids is 2. The Morgan fingerprint density at radius 3 is 2.22 bits per heavy atom. The Kier molecular flexibility index (Phi) is 12.8. The first-order valence-corrected chi connectivity index (χ1v) is 11.4. The van der Waals surface area contributed by atoms with E-state index < -0.39 is 5.41 Å². The molecule has 1 heterocycles. The highest BCUT2D eigenvalue weighted by Gasteiger charge is 2.39. The zero-order valence-corrected chi connectivity index (χ0v) is 18.9. The average Bonchev–Trinajstić information content (AvgIpc) is 2.80. The minimum absolute atomic E-state index is 0.0792. The van der Waals surface area contributed by atoms with E-state index in [1.807, 2.05) is 12.1 Å². The fourth-order valence-corrected chi connectivity index (χ4v) is 3.87. The zero-order valence-electron chi connectivity index (χ0n) is 18.9. The summed E-state index contributed by atoms with van der Waals surface area (Å²) in [5, 5.41) is 3.05. The van der Waals surface area contributed by atoms with Gasteiger partial charge in [0, 0.05) is 18.7 Å². The molecule has 180 valence electrons. The fraction of sp³-hybridized carbons (Fsp3) is 0.696. The summed E-state index contributed by atoms with van der Waals surface area (Å²) < 4.78 is 21.2. The van der Waals surface area contributed by atoms with Gasteiger partial charge in [-0.3, -0.25) is 4.79 Å². The van der Waals surface area contributed by atoms with Crippen LogP contribution in [0.3, 0.4) is 0 Å². The minimum atomic E-state index is -0.416. The lowest BCUT2D eigenvalue weighted by Gasteiger charge is -2.35. The van der Waals surface area contributed by atoms with Gasteiger partial charge >= 0.3 is 0 Å². The van der Waals surface area contributed by atoms with Crippen LogP contribution >= 0.6 is 0 Å². The lowest BCUT2D eigenvalue weighted by molar-refractivity contribution is -0.133. The quantitative estimate of drug-likeness (QED) is 0.270. The number of pyridine rings is 1. The lowest BCUT2D eigenvalue weighted by Crippen LogP contribution is -2.45. The largest absolute Gasteiger partial charge is 0.384 e. The summed E-state index contributed by atoms with van der Waals surface area (Å²) in [6, 6.07) is 5.59.